The molecule has 0 amide bonds. The SMILES string of the molecule is CCC1CC(CN2CCNCC2c2cccc(Cl)c2)CCO1.Cl. The summed E-state index contributed by atoms with van der Waals surface area (Å²) in [7, 11) is 0. The number of benzene rings is 1. The smallest absolute Gasteiger partial charge is 0.0575 e. The second-order valence-corrected chi connectivity index (χ2v) is 7.00. The highest BCUT2D eigenvalue weighted by Gasteiger charge is 2.29. The van der Waals surface area contributed by atoms with Crippen molar-refractivity contribution in [3.05, 3.63) is 34.9 Å². The number of rotatable bonds is 4. The summed E-state index contributed by atoms with van der Waals surface area (Å²) in [5.74, 6) is 0.762. The van der Waals surface area contributed by atoms with Gasteiger partial charge in [-0.05, 0) is 42.9 Å². The van der Waals surface area contributed by atoms with E-state index in [0.717, 1.165) is 43.6 Å². The fraction of sp³-hybridized carbons (Fsp3) is 0.667. The van der Waals surface area contributed by atoms with Crippen LogP contribution in [-0.2, 0) is 4.74 Å². The quantitative estimate of drug-likeness (QED) is 0.882. The number of piperazine rings is 1. The third kappa shape index (κ3) is 5.07. The van der Waals surface area contributed by atoms with Crippen LogP contribution in [0.3, 0.4) is 0 Å². The summed E-state index contributed by atoms with van der Waals surface area (Å²) in [5.41, 5.74) is 1.33. The molecule has 2 saturated heterocycles. The van der Waals surface area contributed by atoms with Crippen molar-refractivity contribution in [2.24, 2.45) is 5.92 Å². The van der Waals surface area contributed by atoms with Crippen molar-refractivity contribution in [2.75, 3.05) is 32.8 Å². The molecule has 3 unspecified atom stereocenters. The average molecular weight is 359 g/mol. The van der Waals surface area contributed by atoms with Crippen LogP contribution in [0.1, 0.15) is 37.8 Å². The second-order valence-electron chi connectivity index (χ2n) is 6.56. The zero-order valence-electron chi connectivity index (χ0n) is 13.8. The summed E-state index contributed by atoms with van der Waals surface area (Å²) < 4.78 is 5.83. The fourth-order valence-corrected chi connectivity index (χ4v) is 3.95. The summed E-state index contributed by atoms with van der Waals surface area (Å²) in [6.45, 7) is 7.55. The Labute approximate surface area is 151 Å². The van der Waals surface area contributed by atoms with Crippen LogP contribution in [0.2, 0.25) is 5.02 Å². The number of nitrogens with zero attached hydrogens (tertiary/aromatic N) is 1. The van der Waals surface area contributed by atoms with E-state index in [1.54, 1.807) is 0 Å². The minimum atomic E-state index is 0. The molecule has 0 aromatic heterocycles. The van der Waals surface area contributed by atoms with Crippen molar-refractivity contribution in [2.45, 2.75) is 38.3 Å². The molecular formula is C18H28Cl2N2O. The topological polar surface area (TPSA) is 24.5 Å². The lowest BCUT2D eigenvalue weighted by atomic mass is 9.92. The first-order chi connectivity index (χ1) is 10.8. The number of halogens is 2. The Bertz CT molecular complexity index is 486. The van der Waals surface area contributed by atoms with Crippen molar-refractivity contribution in [3.63, 3.8) is 0 Å². The van der Waals surface area contributed by atoms with E-state index in [9.17, 15) is 0 Å². The Morgan fingerprint density at radius 1 is 1.39 bits per heavy atom. The molecule has 2 aliphatic rings. The van der Waals surface area contributed by atoms with E-state index in [1.165, 1.54) is 24.9 Å². The summed E-state index contributed by atoms with van der Waals surface area (Å²) in [4.78, 5) is 2.64. The molecule has 0 bridgehead atoms. The Hall–Kier alpha value is -0.320. The maximum absolute atomic E-state index is 6.19. The Morgan fingerprint density at radius 3 is 3.04 bits per heavy atom. The summed E-state index contributed by atoms with van der Waals surface area (Å²) in [5, 5.41) is 4.36. The van der Waals surface area contributed by atoms with Crippen LogP contribution in [0, 0.1) is 5.92 Å². The molecule has 23 heavy (non-hydrogen) atoms. The molecule has 3 atom stereocenters. The van der Waals surface area contributed by atoms with Gasteiger partial charge in [0.1, 0.15) is 0 Å². The van der Waals surface area contributed by atoms with Crippen LogP contribution in [0.4, 0.5) is 0 Å². The van der Waals surface area contributed by atoms with E-state index in [4.69, 9.17) is 16.3 Å². The lowest BCUT2D eigenvalue weighted by molar-refractivity contribution is -0.0223. The van der Waals surface area contributed by atoms with Crippen molar-refractivity contribution >= 4 is 24.0 Å². The van der Waals surface area contributed by atoms with Crippen molar-refractivity contribution in [3.8, 4) is 0 Å². The monoisotopic (exact) mass is 358 g/mol. The number of hydrogen-bond acceptors (Lipinski definition) is 3. The first kappa shape index (κ1) is 19.0. The van der Waals surface area contributed by atoms with Crippen LogP contribution in [-0.4, -0.2) is 43.8 Å². The molecule has 1 N–H and O–H groups in total. The molecule has 2 heterocycles. The largest absolute Gasteiger partial charge is 0.378 e. The highest BCUT2D eigenvalue weighted by Crippen LogP contribution is 2.29. The highest BCUT2D eigenvalue weighted by molar-refractivity contribution is 6.30. The van der Waals surface area contributed by atoms with Gasteiger partial charge >= 0.3 is 0 Å². The van der Waals surface area contributed by atoms with E-state index in [-0.39, 0.29) is 12.4 Å². The fourth-order valence-electron chi connectivity index (χ4n) is 3.75. The van der Waals surface area contributed by atoms with Gasteiger partial charge in [-0.3, -0.25) is 4.90 Å². The molecule has 2 fully saturated rings. The molecule has 1 aromatic rings. The van der Waals surface area contributed by atoms with Gasteiger partial charge in [-0.2, -0.15) is 0 Å². The number of hydrogen-bond donors (Lipinski definition) is 1. The van der Waals surface area contributed by atoms with Gasteiger partial charge in [-0.15, -0.1) is 12.4 Å². The molecule has 0 saturated carbocycles. The molecule has 2 aliphatic heterocycles. The van der Waals surface area contributed by atoms with Crippen molar-refractivity contribution in [1.82, 2.24) is 10.2 Å². The lowest BCUT2D eigenvalue weighted by Crippen LogP contribution is -2.48. The van der Waals surface area contributed by atoms with Crippen LogP contribution in [0.25, 0.3) is 0 Å². The third-order valence-electron chi connectivity index (χ3n) is 5.01. The second kappa shape index (κ2) is 9.24. The average Bonchev–Trinajstić information content (AvgIpc) is 2.55. The first-order valence-electron chi connectivity index (χ1n) is 8.58. The minimum Gasteiger partial charge on any atom is -0.378 e. The van der Waals surface area contributed by atoms with Crippen molar-refractivity contribution < 1.29 is 4.74 Å². The molecule has 130 valence electrons. The lowest BCUT2D eigenvalue weighted by Gasteiger charge is -2.40. The van der Waals surface area contributed by atoms with Gasteiger partial charge in [0.25, 0.3) is 0 Å². The van der Waals surface area contributed by atoms with E-state index in [0.29, 0.717) is 12.1 Å². The van der Waals surface area contributed by atoms with E-state index in [1.807, 2.05) is 6.07 Å². The molecule has 0 aliphatic carbocycles. The summed E-state index contributed by atoms with van der Waals surface area (Å²) >= 11 is 6.19. The normalized spacial score (nSPS) is 29.0. The van der Waals surface area contributed by atoms with Crippen LogP contribution in [0.5, 0.6) is 0 Å². The van der Waals surface area contributed by atoms with Crippen LogP contribution < -0.4 is 5.32 Å². The zero-order chi connectivity index (χ0) is 15.4. The van der Waals surface area contributed by atoms with Crippen LogP contribution >= 0.6 is 24.0 Å². The first-order valence-corrected chi connectivity index (χ1v) is 8.96. The van der Waals surface area contributed by atoms with Gasteiger partial charge in [0.2, 0.25) is 0 Å². The van der Waals surface area contributed by atoms with Gasteiger partial charge < -0.3 is 10.1 Å². The Balaban J connectivity index is 0.00000192. The molecule has 5 heteroatoms. The minimum absolute atomic E-state index is 0. The number of nitrogens with one attached hydrogen (secondary N) is 1. The maximum atomic E-state index is 6.19. The summed E-state index contributed by atoms with van der Waals surface area (Å²) in [6.07, 6.45) is 4.01. The molecule has 3 rings (SSSR count). The van der Waals surface area contributed by atoms with E-state index < -0.39 is 0 Å². The van der Waals surface area contributed by atoms with E-state index in [2.05, 4.69) is 35.3 Å². The van der Waals surface area contributed by atoms with Gasteiger partial charge in [-0.1, -0.05) is 30.7 Å². The summed E-state index contributed by atoms with van der Waals surface area (Å²) in [6, 6.07) is 8.78. The maximum Gasteiger partial charge on any atom is 0.0575 e. The predicted molar refractivity (Wildman–Crippen MR) is 98.6 cm³/mol. The zero-order valence-corrected chi connectivity index (χ0v) is 15.4. The standard InChI is InChI=1S/C18H27ClN2O.ClH/c1-2-17-10-14(6-9-22-17)13-21-8-7-20-12-18(21)15-4-3-5-16(19)11-15;/h3-5,11,14,17-18,20H,2,6-10,12-13H2,1H3;1H. The molecular weight excluding hydrogens is 331 g/mol. The van der Waals surface area contributed by atoms with Gasteiger partial charge in [-0.25, -0.2) is 0 Å². The molecule has 0 radical (unpaired) electrons. The predicted octanol–water partition coefficient (Wildman–Crippen LogP) is 3.91. The molecule has 1 aromatic carbocycles. The van der Waals surface area contributed by atoms with Crippen molar-refractivity contribution in [1.29, 1.82) is 0 Å². The van der Waals surface area contributed by atoms with E-state index >= 15 is 0 Å². The van der Waals surface area contributed by atoms with Gasteiger partial charge in [0.05, 0.1) is 6.10 Å². The highest BCUT2D eigenvalue weighted by atomic mass is 35.5. The number of ether oxygens (including phenoxy) is 1. The molecule has 0 spiro atoms. The Morgan fingerprint density at radius 2 is 2.26 bits per heavy atom. The molecule has 3 nitrogen and oxygen atoms in total. The Kier molecular flexibility index (Phi) is 7.64. The van der Waals surface area contributed by atoms with Crippen LogP contribution in [0.15, 0.2) is 24.3 Å². The van der Waals surface area contributed by atoms with Gasteiger partial charge in [0.15, 0.2) is 0 Å². The third-order valence-corrected chi connectivity index (χ3v) is 5.25. The van der Waals surface area contributed by atoms with Gasteiger partial charge in [0, 0.05) is 43.9 Å².